The summed E-state index contributed by atoms with van der Waals surface area (Å²) in [6.07, 6.45) is -1.46. The van der Waals surface area contributed by atoms with Crippen molar-refractivity contribution in [2.24, 2.45) is 0 Å². The van der Waals surface area contributed by atoms with E-state index in [4.69, 9.17) is 0 Å². The first-order valence-electron chi connectivity index (χ1n) is 12.8. The number of carbonyl (C=O) groups is 2. The molecule has 41 heavy (non-hydrogen) atoms. The Morgan fingerprint density at radius 3 is 2.24 bits per heavy atom. The van der Waals surface area contributed by atoms with Crippen LogP contribution in [0.1, 0.15) is 32.7 Å². The largest absolute Gasteiger partial charge is 0.416 e. The molecule has 11 heteroatoms. The van der Waals surface area contributed by atoms with Crippen molar-refractivity contribution in [1.82, 2.24) is 20.0 Å². The molecule has 2 heterocycles. The van der Waals surface area contributed by atoms with Gasteiger partial charge in [-0.3, -0.25) is 14.4 Å². The summed E-state index contributed by atoms with van der Waals surface area (Å²) in [5.41, 5.74) is 0.486. The van der Waals surface area contributed by atoms with Crippen LogP contribution in [0.2, 0.25) is 0 Å². The number of nitrogens with one attached hydrogen (secondary N) is 1. The van der Waals surface area contributed by atoms with E-state index in [1.54, 1.807) is 30.3 Å². The zero-order chi connectivity index (χ0) is 29.1. The van der Waals surface area contributed by atoms with Crippen molar-refractivity contribution in [3.63, 3.8) is 0 Å². The van der Waals surface area contributed by atoms with Crippen molar-refractivity contribution >= 4 is 28.7 Å². The van der Waals surface area contributed by atoms with Gasteiger partial charge in [-0.25, -0.2) is 9.49 Å². The normalized spacial score (nSPS) is 14.1. The fourth-order valence-corrected chi connectivity index (χ4v) is 4.70. The van der Waals surface area contributed by atoms with E-state index in [1.807, 2.05) is 0 Å². The minimum absolute atomic E-state index is 0.0989. The molecule has 1 fully saturated rings. The number of amides is 2. The van der Waals surface area contributed by atoms with Gasteiger partial charge in [0.05, 0.1) is 22.2 Å². The number of aromatic amines is 1. The number of H-pyrrole nitrogens is 1. The number of benzene rings is 3. The van der Waals surface area contributed by atoms with Crippen LogP contribution < -0.4 is 5.56 Å². The number of nitrogens with zero attached hydrogens (tertiary/aromatic N) is 3. The maximum absolute atomic E-state index is 14.7. The van der Waals surface area contributed by atoms with E-state index >= 15 is 0 Å². The van der Waals surface area contributed by atoms with Crippen molar-refractivity contribution in [2.45, 2.75) is 12.6 Å². The highest BCUT2D eigenvalue weighted by molar-refractivity contribution is 5.95. The molecule has 0 spiro atoms. The van der Waals surface area contributed by atoms with Gasteiger partial charge in [0.25, 0.3) is 11.5 Å². The number of alkyl halides is 3. The topological polar surface area (TPSA) is 86.4 Å². The van der Waals surface area contributed by atoms with Gasteiger partial charge >= 0.3 is 6.18 Å². The fraction of sp³-hybridized carbons (Fsp3) is 0.200. The second kappa shape index (κ2) is 11.4. The lowest BCUT2D eigenvalue weighted by atomic mass is 10.0. The molecule has 7 nitrogen and oxygen atoms in total. The monoisotopic (exact) mass is 564 g/mol. The number of halogens is 4. The predicted octanol–water partition coefficient (Wildman–Crippen LogP) is 4.67. The van der Waals surface area contributed by atoms with E-state index in [9.17, 15) is 31.9 Å². The Morgan fingerprint density at radius 2 is 1.56 bits per heavy atom. The van der Waals surface area contributed by atoms with Crippen LogP contribution in [-0.2, 0) is 17.4 Å². The molecule has 5 rings (SSSR count). The summed E-state index contributed by atoms with van der Waals surface area (Å²) < 4.78 is 52.9. The van der Waals surface area contributed by atoms with Crippen LogP contribution in [0.5, 0.6) is 0 Å². The van der Waals surface area contributed by atoms with E-state index in [0.29, 0.717) is 27.6 Å². The quantitative estimate of drug-likeness (QED) is 0.282. The maximum Gasteiger partial charge on any atom is 0.416 e. The van der Waals surface area contributed by atoms with Gasteiger partial charge in [0.2, 0.25) is 5.91 Å². The first-order valence-corrected chi connectivity index (χ1v) is 12.8. The molecule has 1 saturated heterocycles. The summed E-state index contributed by atoms with van der Waals surface area (Å²) in [6, 6.07) is 15.7. The number of aromatic nitrogens is 2. The lowest BCUT2D eigenvalue weighted by Gasteiger charge is -2.34. The summed E-state index contributed by atoms with van der Waals surface area (Å²) in [7, 11) is 0. The molecule has 0 saturated carbocycles. The number of rotatable bonds is 5. The highest BCUT2D eigenvalue weighted by atomic mass is 19.4. The third kappa shape index (κ3) is 6.19. The van der Waals surface area contributed by atoms with Gasteiger partial charge in [-0.2, -0.15) is 18.3 Å². The lowest BCUT2D eigenvalue weighted by Crippen LogP contribution is -2.50. The third-order valence-corrected chi connectivity index (χ3v) is 6.94. The molecule has 1 aliphatic rings. The SMILES string of the molecule is O=C(/C=C/c1ccc(C(F)(F)F)cc1)N1CCN(C(=O)c2cc(Cc3n[nH]c(=O)c4ccccc34)ccc2F)CC1. The van der Waals surface area contributed by atoms with Crippen molar-refractivity contribution in [2.75, 3.05) is 26.2 Å². The molecule has 1 aromatic heterocycles. The predicted molar refractivity (Wildman–Crippen MR) is 145 cm³/mol. The first kappa shape index (κ1) is 27.8. The highest BCUT2D eigenvalue weighted by Crippen LogP contribution is 2.29. The third-order valence-electron chi connectivity index (χ3n) is 6.94. The standard InChI is InChI=1S/C30H24F4N4O3/c31-25-11-7-20(18-26-22-3-1-2-4-23(22)28(40)36-35-26)17-24(25)29(41)38-15-13-37(14-16-38)27(39)12-8-19-5-9-21(10-6-19)30(32,33)34/h1-12,17H,13-16,18H2,(H,36,40)/b12-8+. The molecular weight excluding hydrogens is 540 g/mol. The van der Waals surface area contributed by atoms with Gasteiger partial charge in [0.15, 0.2) is 0 Å². The van der Waals surface area contributed by atoms with E-state index in [2.05, 4.69) is 10.2 Å². The van der Waals surface area contributed by atoms with Gasteiger partial charge in [-0.15, -0.1) is 0 Å². The molecule has 1 aliphatic heterocycles. The Morgan fingerprint density at radius 1 is 0.902 bits per heavy atom. The van der Waals surface area contributed by atoms with Crippen molar-refractivity contribution in [1.29, 1.82) is 0 Å². The van der Waals surface area contributed by atoms with Crippen LogP contribution in [0.15, 0.2) is 77.6 Å². The molecule has 0 aliphatic carbocycles. The van der Waals surface area contributed by atoms with Crippen LogP contribution in [0.3, 0.4) is 0 Å². The van der Waals surface area contributed by atoms with Crippen LogP contribution in [0.4, 0.5) is 17.6 Å². The molecule has 0 radical (unpaired) electrons. The highest BCUT2D eigenvalue weighted by Gasteiger charge is 2.30. The number of hydrogen-bond acceptors (Lipinski definition) is 4. The van der Waals surface area contributed by atoms with Gasteiger partial charge < -0.3 is 9.80 Å². The maximum atomic E-state index is 14.7. The van der Waals surface area contributed by atoms with E-state index < -0.39 is 23.5 Å². The minimum Gasteiger partial charge on any atom is -0.336 e. The van der Waals surface area contributed by atoms with E-state index in [1.165, 1.54) is 46.2 Å². The van der Waals surface area contributed by atoms with Crippen molar-refractivity contribution < 1.29 is 27.2 Å². The van der Waals surface area contributed by atoms with E-state index in [0.717, 1.165) is 12.1 Å². The summed E-state index contributed by atoms with van der Waals surface area (Å²) in [6.45, 7) is 0.815. The molecule has 1 N–H and O–H groups in total. The van der Waals surface area contributed by atoms with Crippen LogP contribution in [-0.4, -0.2) is 58.0 Å². The Balaban J connectivity index is 1.22. The lowest BCUT2D eigenvalue weighted by molar-refractivity contribution is -0.137. The summed E-state index contributed by atoms with van der Waals surface area (Å²) in [5, 5.41) is 7.77. The first-order chi connectivity index (χ1) is 19.6. The van der Waals surface area contributed by atoms with Gasteiger partial charge in [-0.1, -0.05) is 36.4 Å². The molecule has 0 atom stereocenters. The van der Waals surface area contributed by atoms with Gasteiger partial charge in [-0.05, 0) is 47.5 Å². The molecule has 210 valence electrons. The zero-order valence-electron chi connectivity index (χ0n) is 21.6. The second-order valence-electron chi connectivity index (χ2n) is 9.61. The number of fused-ring (bicyclic) bond motifs is 1. The average molecular weight is 565 g/mol. The molecule has 3 aromatic carbocycles. The number of hydrogen-bond donors (Lipinski definition) is 1. The summed E-state index contributed by atoms with van der Waals surface area (Å²) in [4.78, 5) is 40.9. The molecular formula is C30H24F4N4O3. The average Bonchev–Trinajstić information content (AvgIpc) is 2.98. The van der Waals surface area contributed by atoms with Crippen LogP contribution >= 0.6 is 0 Å². The Kier molecular flexibility index (Phi) is 7.69. The fourth-order valence-electron chi connectivity index (χ4n) is 4.70. The molecule has 0 bridgehead atoms. The Labute approximate surface area is 231 Å². The Hall–Kier alpha value is -4.80. The summed E-state index contributed by atoms with van der Waals surface area (Å²) >= 11 is 0. The second-order valence-corrected chi connectivity index (χ2v) is 9.61. The van der Waals surface area contributed by atoms with Gasteiger partial charge in [0.1, 0.15) is 5.82 Å². The zero-order valence-corrected chi connectivity index (χ0v) is 21.6. The molecule has 4 aromatic rings. The molecule has 0 unspecified atom stereocenters. The van der Waals surface area contributed by atoms with E-state index in [-0.39, 0.29) is 49.6 Å². The Bertz CT molecular complexity index is 1690. The van der Waals surface area contributed by atoms with Gasteiger partial charge in [0, 0.05) is 44.1 Å². The number of carbonyl (C=O) groups excluding carboxylic acids is 2. The smallest absolute Gasteiger partial charge is 0.336 e. The summed E-state index contributed by atoms with van der Waals surface area (Å²) in [5.74, 6) is -1.52. The number of piperazine rings is 1. The van der Waals surface area contributed by atoms with Crippen molar-refractivity contribution in [3.05, 3.63) is 117 Å². The minimum atomic E-state index is -4.44. The van der Waals surface area contributed by atoms with Crippen LogP contribution in [0.25, 0.3) is 16.8 Å². The molecule has 2 amide bonds. The van der Waals surface area contributed by atoms with Crippen molar-refractivity contribution in [3.8, 4) is 0 Å². The van der Waals surface area contributed by atoms with Crippen LogP contribution in [0, 0.1) is 5.82 Å².